The second-order valence-corrected chi connectivity index (χ2v) is 12.3. The Balaban J connectivity index is 1.40. The fourth-order valence-corrected chi connectivity index (χ4v) is 6.80. The molecule has 2 N–H and O–H groups in total. The molecular weight excluding hydrogens is 531 g/mol. The van der Waals surface area contributed by atoms with E-state index in [2.05, 4.69) is 34.7 Å². The normalized spacial score (nSPS) is 23.2. The van der Waals surface area contributed by atoms with Gasteiger partial charge in [0.05, 0.1) is 17.5 Å². The van der Waals surface area contributed by atoms with Crippen LogP contribution in [-0.2, 0) is 31.7 Å². The van der Waals surface area contributed by atoms with Gasteiger partial charge in [-0.3, -0.25) is 9.69 Å². The van der Waals surface area contributed by atoms with E-state index in [0.29, 0.717) is 29.7 Å². The summed E-state index contributed by atoms with van der Waals surface area (Å²) >= 11 is 0. The van der Waals surface area contributed by atoms with E-state index in [0.717, 1.165) is 43.5 Å². The molecule has 11 heteroatoms. The fourth-order valence-electron chi connectivity index (χ4n) is 6.80. The van der Waals surface area contributed by atoms with E-state index in [-0.39, 0.29) is 29.8 Å². The quantitative estimate of drug-likeness (QED) is 0.370. The first-order chi connectivity index (χ1) is 19.4. The molecule has 3 heterocycles. The number of aryl methyl sites for hydroxylation is 1. The van der Waals surface area contributed by atoms with E-state index in [1.165, 1.54) is 11.0 Å². The summed E-state index contributed by atoms with van der Waals surface area (Å²) in [4.78, 5) is 19.9. The van der Waals surface area contributed by atoms with Crippen LogP contribution in [0.25, 0.3) is 0 Å². The van der Waals surface area contributed by atoms with Crippen LogP contribution in [0.2, 0.25) is 0 Å². The van der Waals surface area contributed by atoms with Gasteiger partial charge in [-0.15, -0.1) is 10.2 Å². The summed E-state index contributed by atoms with van der Waals surface area (Å²) in [5.41, 5.74) is 0.220. The van der Waals surface area contributed by atoms with Crippen LogP contribution in [0.1, 0.15) is 91.3 Å². The number of anilines is 2. The number of nitrogens with one attached hydrogen (secondary N) is 2. The Morgan fingerprint density at radius 3 is 2.49 bits per heavy atom. The molecule has 0 unspecified atom stereocenters. The van der Waals surface area contributed by atoms with Crippen molar-refractivity contribution in [1.29, 1.82) is 0 Å². The summed E-state index contributed by atoms with van der Waals surface area (Å²) in [6, 6.07) is 6.62. The van der Waals surface area contributed by atoms with E-state index in [9.17, 15) is 18.0 Å². The average Bonchev–Trinajstić information content (AvgIpc) is 3.46. The van der Waals surface area contributed by atoms with Crippen LogP contribution < -0.4 is 15.5 Å². The van der Waals surface area contributed by atoms with Gasteiger partial charge in [-0.2, -0.15) is 13.2 Å². The Morgan fingerprint density at radius 2 is 1.90 bits per heavy atom. The monoisotopic (exact) mass is 567 g/mol. The Morgan fingerprint density at radius 1 is 1.15 bits per heavy atom. The van der Waals surface area contributed by atoms with Crippen molar-refractivity contribution >= 4 is 17.5 Å². The third-order valence-electron chi connectivity index (χ3n) is 9.12. The summed E-state index contributed by atoms with van der Waals surface area (Å²) in [5.74, 6) is 1.72. The molecule has 0 bridgehead atoms. The maximum Gasteiger partial charge on any atom is 0.416 e. The molecule has 0 radical (unpaired) electrons. The van der Waals surface area contributed by atoms with Crippen molar-refractivity contribution in [2.75, 3.05) is 16.8 Å². The second-order valence-electron chi connectivity index (χ2n) is 12.3. The molecule has 6 rings (SSSR count). The number of carbonyl (C=O) groups is 1. The SMILES string of the molecule is CCNc1cc(C2(c3nncn3C)CC(C)C2)cc(N2Cc3c(cc(CNC4(C)CCC4)cc3C(F)(F)F)C2=O)n1. The maximum atomic E-state index is 14.3. The first-order valence-electron chi connectivity index (χ1n) is 14.3. The highest BCUT2D eigenvalue weighted by Crippen LogP contribution is 2.52. The highest BCUT2D eigenvalue weighted by atomic mass is 19.4. The Bertz CT molecular complexity index is 1490. The number of carbonyl (C=O) groups excluding carboxylic acids is 1. The zero-order valence-electron chi connectivity index (χ0n) is 23.9. The zero-order chi connectivity index (χ0) is 29.2. The molecule has 8 nitrogen and oxygen atoms in total. The largest absolute Gasteiger partial charge is 0.416 e. The minimum atomic E-state index is -4.59. The van der Waals surface area contributed by atoms with E-state index in [1.807, 2.05) is 30.7 Å². The number of nitrogens with zero attached hydrogens (tertiary/aromatic N) is 5. The van der Waals surface area contributed by atoms with Crippen molar-refractivity contribution in [1.82, 2.24) is 25.1 Å². The predicted octanol–water partition coefficient (Wildman–Crippen LogP) is 5.57. The molecule has 0 saturated heterocycles. The third-order valence-corrected chi connectivity index (χ3v) is 9.12. The Labute approximate surface area is 237 Å². The van der Waals surface area contributed by atoms with Gasteiger partial charge in [0.15, 0.2) is 0 Å². The minimum Gasteiger partial charge on any atom is -0.370 e. The van der Waals surface area contributed by atoms with Gasteiger partial charge in [0.25, 0.3) is 5.91 Å². The number of aromatic nitrogens is 4. The van der Waals surface area contributed by atoms with Crippen molar-refractivity contribution in [2.24, 2.45) is 13.0 Å². The molecule has 3 aliphatic rings. The van der Waals surface area contributed by atoms with Crippen LogP contribution in [0.3, 0.4) is 0 Å². The third kappa shape index (κ3) is 4.77. The van der Waals surface area contributed by atoms with Gasteiger partial charge in [-0.1, -0.05) is 6.92 Å². The number of hydrogen-bond donors (Lipinski definition) is 2. The Hall–Kier alpha value is -3.47. The lowest BCUT2D eigenvalue weighted by molar-refractivity contribution is -0.138. The smallest absolute Gasteiger partial charge is 0.370 e. The number of alkyl halides is 3. The van der Waals surface area contributed by atoms with E-state index in [4.69, 9.17) is 4.98 Å². The molecule has 218 valence electrons. The number of pyridine rings is 1. The fraction of sp³-hybridized carbons (Fsp3) is 0.533. The number of fused-ring (bicyclic) bond motifs is 1. The zero-order valence-corrected chi connectivity index (χ0v) is 23.9. The summed E-state index contributed by atoms with van der Waals surface area (Å²) in [6.07, 6.45) is 1.85. The standard InChI is InChI=1S/C30H36F3N7O/c1-5-34-24-11-20(29(13-18(2)14-29)27-38-36-17-39(27)4)12-25(37-24)40-16-22-21(26(40)41)9-19(10-23(22)30(31,32)33)15-35-28(3)7-6-8-28/h9-12,17-18,35H,5-8,13-16H2,1-4H3,(H,34,37). The lowest BCUT2D eigenvalue weighted by Gasteiger charge is -2.46. The van der Waals surface area contributed by atoms with Gasteiger partial charge in [0.1, 0.15) is 23.8 Å². The predicted molar refractivity (Wildman–Crippen MR) is 150 cm³/mol. The van der Waals surface area contributed by atoms with Crippen molar-refractivity contribution in [2.45, 2.75) is 83.1 Å². The topological polar surface area (TPSA) is 88.0 Å². The number of halogens is 3. The molecule has 1 aliphatic heterocycles. The molecule has 2 aliphatic carbocycles. The molecule has 0 atom stereocenters. The van der Waals surface area contributed by atoms with Crippen molar-refractivity contribution in [3.8, 4) is 0 Å². The lowest BCUT2D eigenvalue weighted by atomic mass is 9.58. The summed E-state index contributed by atoms with van der Waals surface area (Å²) in [5, 5.41) is 15.2. The number of amides is 1. The van der Waals surface area contributed by atoms with Crippen molar-refractivity contribution < 1.29 is 18.0 Å². The van der Waals surface area contributed by atoms with Crippen molar-refractivity contribution in [3.63, 3.8) is 0 Å². The first-order valence-corrected chi connectivity index (χ1v) is 14.3. The van der Waals surface area contributed by atoms with E-state index in [1.54, 1.807) is 12.4 Å². The first kappa shape index (κ1) is 27.7. The Kier molecular flexibility index (Phi) is 6.63. The van der Waals surface area contributed by atoms with Crippen LogP contribution in [0.5, 0.6) is 0 Å². The summed E-state index contributed by atoms with van der Waals surface area (Å²) < 4.78 is 44.8. The van der Waals surface area contributed by atoms with Gasteiger partial charge in [-0.05, 0) is 92.8 Å². The van der Waals surface area contributed by atoms with Crippen LogP contribution in [0, 0.1) is 5.92 Å². The van der Waals surface area contributed by atoms with Gasteiger partial charge >= 0.3 is 6.18 Å². The van der Waals surface area contributed by atoms with Crippen LogP contribution >= 0.6 is 0 Å². The van der Waals surface area contributed by atoms with Gasteiger partial charge in [0, 0.05) is 31.2 Å². The molecule has 1 aromatic carbocycles. The minimum absolute atomic E-state index is 0.00131. The van der Waals surface area contributed by atoms with E-state index < -0.39 is 23.1 Å². The van der Waals surface area contributed by atoms with Crippen molar-refractivity contribution in [3.05, 3.63) is 64.2 Å². The van der Waals surface area contributed by atoms with Crippen LogP contribution in [0.4, 0.5) is 24.8 Å². The number of benzene rings is 1. The molecule has 2 fully saturated rings. The van der Waals surface area contributed by atoms with Gasteiger partial charge in [-0.25, -0.2) is 4.98 Å². The maximum absolute atomic E-state index is 14.3. The number of hydrogen-bond acceptors (Lipinski definition) is 6. The highest BCUT2D eigenvalue weighted by molar-refractivity contribution is 6.10. The molecule has 3 aromatic rings. The highest BCUT2D eigenvalue weighted by Gasteiger charge is 2.49. The molecule has 1 amide bonds. The van der Waals surface area contributed by atoms with Crippen LogP contribution in [0.15, 0.2) is 30.6 Å². The van der Waals surface area contributed by atoms with E-state index >= 15 is 0 Å². The number of rotatable bonds is 8. The molecular formula is C30H36F3N7O. The average molecular weight is 568 g/mol. The molecule has 0 spiro atoms. The second kappa shape index (κ2) is 9.82. The van der Waals surface area contributed by atoms with Gasteiger partial charge in [0.2, 0.25) is 0 Å². The van der Waals surface area contributed by atoms with Crippen LogP contribution in [-0.4, -0.2) is 37.7 Å². The van der Waals surface area contributed by atoms with Gasteiger partial charge < -0.3 is 15.2 Å². The molecule has 2 aromatic heterocycles. The molecule has 41 heavy (non-hydrogen) atoms. The summed E-state index contributed by atoms with van der Waals surface area (Å²) in [7, 11) is 1.91. The lowest BCUT2D eigenvalue weighted by Crippen LogP contribution is -2.47. The molecule has 2 saturated carbocycles. The summed E-state index contributed by atoms with van der Waals surface area (Å²) in [6.45, 7) is 6.90.